The average molecular weight is 311 g/mol. The fraction of sp³-hybridized carbons (Fsp3) is 0.647. The maximum Gasteiger partial charge on any atom is 0.0777 e. The number of piperidine rings is 1. The second kappa shape index (κ2) is 7.10. The molecule has 0 bridgehead atoms. The van der Waals surface area contributed by atoms with E-state index in [0.717, 1.165) is 37.4 Å². The first kappa shape index (κ1) is 16.8. The summed E-state index contributed by atoms with van der Waals surface area (Å²) in [6.45, 7) is 6.33. The summed E-state index contributed by atoms with van der Waals surface area (Å²) in [5, 5.41) is 0.767. The first-order valence-electron chi connectivity index (χ1n) is 7.79. The maximum absolute atomic E-state index is 6.43. The molecule has 4 heteroatoms. The molecule has 1 aliphatic rings. The molecule has 0 amide bonds. The van der Waals surface area contributed by atoms with E-state index in [1.165, 1.54) is 5.56 Å². The minimum atomic E-state index is -0.0730. The summed E-state index contributed by atoms with van der Waals surface area (Å²) in [4.78, 5) is 2.48. The van der Waals surface area contributed by atoms with Crippen molar-refractivity contribution in [1.29, 1.82) is 0 Å². The topological polar surface area (TPSA) is 38.5 Å². The van der Waals surface area contributed by atoms with Crippen LogP contribution < -0.4 is 5.73 Å². The van der Waals surface area contributed by atoms with Crippen molar-refractivity contribution in [3.05, 3.63) is 34.9 Å². The van der Waals surface area contributed by atoms with Crippen molar-refractivity contribution >= 4 is 11.6 Å². The molecule has 0 radical (unpaired) electrons. The molecule has 2 N–H and O–H groups in total. The third-order valence-electron chi connectivity index (χ3n) is 4.66. The van der Waals surface area contributed by atoms with Gasteiger partial charge in [-0.15, -0.1) is 0 Å². The number of hydrogen-bond acceptors (Lipinski definition) is 3. The number of nitrogens with zero attached hydrogens (tertiary/aromatic N) is 1. The molecule has 3 atom stereocenters. The fourth-order valence-electron chi connectivity index (χ4n) is 3.26. The zero-order chi connectivity index (χ0) is 15.5. The Balaban J connectivity index is 2.25. The van der Waals surface area contributed by atoms with Gasteiger partial charge in [0.05, 0.1) is 5.60 Å². The lowest BCUT2D eigenvalue weighted by molar-refractivity contribution is -0.0643. The van der Waals surface area contributed by atoms with E-state index in [9.17, 15) is 0 Å². The minimum absolute atomic E-state index is 0.0730. The molecule has 1 aliphatic heterocycles. The quantitative estimate of drug-likeness (QED) is 0.902. The number of hydrogen-bond donors (Lipinski definition) is 1. The number of methoxy groups -OCH3 is 1. The highest BCUT2D eigenvalue weighted by atomic mass is 35.5. The standard InChI is InChI=1S/C17H27ClN2O/c1-4-15(19)16(13-6-8-14(18)9-7-13)20-11-5-10-17(2,12-20)21-3/h6-9,15-16H,4-5,10-12,19H2,1-3H3. The molecule has 3 unspecified atom stereocenters. The zero-order valence-electron chi connectivity index (χ0n) is 13.3. The van der Waals surface area contributed by atoms with Crippen LogP contribution in [0.1, 0.15) is 44.7 Å². The van der Waals surface area contributed by atoms with Crippen molar-refractivity contribution < 1.29 is 4.74 Å². The van der Waals surface area contributed by atoms with Crippen LogP contribution in [0.2, 0.25) is 5.02 Å². The highest BCUT2D eigenvalue weighted by Crippen LogP contribution is 2.33. The first-order chi connectivity index (χ1) is 9.99. The van der Waals surface area contributed by atoms with E-state index >= 15 is 0 Å². The summed E-state index contributed by atoms with van der Waals surface area (Å²) in [7, 11) is 1.81. The monoisotopic (exact) mass is 310 g/mol. The van der Waals surface area contributed by atoms with Gasteiger partial charge in [-0.05, 0) is 50.4 Å². The van der Waals surface area contributed by atoms with Crippen molar-refractivity contribution in [1.82, 2.24) is 4.90 Å². The van der Waals surface area contributed by atoms with Gasteiger partial charge in [-0.1, -0.05) is 30.7 Å². The van der Waals surface area contributed by atoms with Gasteiger partial charge in [-0.3, -0.25) is 4.90 Å². The Labute approximate surface area is 133 Å². The predicted molar refractivity (Wildman–Crippen MR) is 88.7 cm³/mol. The van der Waals surface area contributed by atoms with Crippen molar-refractivity contribution in [2.45, 2.75) is 50.8 Å². The van der Waals surface area contributed by atoms with E-state index in [0.29, 0.717) is 0 Å². The molecule has 0 spiro atoms. The number of halogens is 1. The van der Waals surface area contributed by atoms with Gasteiger partial charge in [0.25, 0.3) is 0 Å². The Morgan fingerprint density at radius 2 is 2.05 bits per heavy atom. The summed E-state index contributed by atoms with van der Waals surface area (Å²) >= 11 is 6.02. The molecule has 118 valence electrons. The van der Waals surface area contributed by atoms with Gasteiger partial charge in [-0.25, -0.2) is 0 Å². The SMILES string of the molecule is CCC(N)C(c1ccc(Cl)cc1)N1CCCC(C)(OC)C1. The molecule has 2 rings (SSSR count). The molecule has 0 aliphatic carbocycles. The number of benzene rings is 1. The Morgan fingerprint density at radius 3 is 2.62 bits per heavy atom. The third kappa shape index (κ3) is 3.98. The zero-order valence-corrected chi connectivity index (χ0v) is 14.1. The molecular weight excluding hydrogens is 284 g/mol. The van der Waals surface area contributed by atoms with Crippen molar-refractivity contribution in [3.8, 4) is 0 Å². The fourth-order valence-corrected chi connectivity index (χ4v) is 3.39. The lowest BCUT2D eigenvalue weighted by Crippen LogP contribution is -2.52. The highest BCUT2D eigenvalue weighted by molar-refractivity contribution is 6.30. The predicted octanol–water partition coefficient (Wildman–Crippen LogP) is 3.62. The average Bonchev–Trinajstić information content (AvgIpc) is 2.49. The van der Waals surface area contributed by atoms with Crippen LogP contribution in [-0.4, -0.2) is 36.7 Å². The summed E-state index contributed by atoms with van der Waals surface area (Å²) in [6.07, 6.45) is 3.20. The Morgan fingerprint density at radius 1 is 1.38 bits per heavy atom. The Hall–Kier alpha value is -0.610. The highest BCUT2D eigenvalue weighted by Gasteiger charge is 2.36. The van der Waals surface area contributed by atoms with E-state index in [1.54, 1.807) is 7.11 Å². The summed E-state index contributed by atoms with van der Waals surface area (Å²) in [5.74, 6) is 0. The molecule has 3 nitrogen and oxygen atoms in total. The van der Waals surface area contributed by atoms with E-state index in [1.807, 2.05) is 12.1 Å². The molecule has 1 aromatic rings. The van der Waals surface area contributed by atoms with E-state index in [4.69, 9.17) is 22.1 Å². The normalized spacial score (nSPS) is 26.5. The van der Waals surface area contributed by atoms with Crippen LogP contribution in [-0.2, 0) is 4.74 Å². The number of likely N-dealkylation sites (tertiary alicyclic amines) is 1. The van der Waals surface area contributed by atoms with E-state index in [-0.39, 0.29) is 17.7 Å². The van der Waals surface area contributed by atoms with Gasteiger partial charge >= 0.3 is 0 Å². The maximum atomic E-state index is 6.43. The Kier molecular flexibility index (Phi) is 5.67. The molecular formula is C17H27ClN2O. The smallest absolute Gasteiger partial charge is 0.0777 e. The van der Waals surface area contributed by atoms with Crippen LogP contribution in [0.4, 0.5) is 0 Å². The molecule has 0 saturated carbocycles. The largest absolute Gasteiger partial charge is 0.377 e. The third-order valence-corrected chi connectivity index (χ3v) is 4.92. The molecule has 1 aromatic carbocycles. The van der Waals surface area contributed by atoms with Crippen LogP contribution in [0.5, 0.6) is 0 Å². The lowest BCUT2D eigenvalue weighted by Gasteiger charge is -2.45. The first-order valence-corrected chi connectivity index (χ1v) is 8.17. The summed E-state index contributed by atoms with van der Waals surface area (Å²) < 4.78 is 5.72. The Bertz CT molecular complexity index is 451. The second-order valence-corrected chi connectivity index (χ2v) is 6.73. The van der Waals surface area contributed by atoms with E-state index < -0.39 is 0 Å². The summed E-state index contributed by atoms with van der Waals surface area (Å²) in [5.41, 5.74) is 7.60. The number of rotatable bonds is 5. The van der Waals surface area contributed by atoms with Crippen LogP contribution in [0, 0.1) is 0 Å². The van der Waals surface area contributed by atoms with Crippen LogP contribution in [0.15, 0.2) is 24.3 Å². The van der Waals surface area contributed by atoms with Crippen molar-refractivity contribution in [2.75, 3.05) is 20.2 Å². The van der Waals surface area contributed by atoms with E-state index in [2.05, 4.69) is 30.9 Å². The van der Waals surface area contributed by atoms with Gasteiger partial charge in [0.15, 0.2) is 0 Å². The number of ether oxygens (including phenoxy) is 1. The van der Waals surface area contributed by atoms with Gasteiger partial charge in [0.1, 0.15) is 0 Å². The second-order valence-electron chi connectivity index (χ2n) is 6.30. The summed E-state index contributed by atoms with van der Waals surface area (Å²) in [6, 6.07) is 8.44. The number of nitrogens with two attached hydrogens (primary N) is 1. The van der Waals surface area contributed by atoms with Crippen molar-refractivity contribution in [2.24, 2.45) is 5.73 Å². The minimum Gasteiger partial charge on any atom is -0.377 e. The van der Waals surface area contributed by atoms with Crippen LogP contribution >= 0.6 is 11.6 Å². The molecule has 1 saturated heterocycles. The lowest BCUT2D eigenvalue weighted by atomic mass is 9.89. The van der Waals surface area contributed by atoms with Crippen LogP contribution in [0.25, 0.3) is 0 Å². The molecule has 1 fully saturated rings. The van der Waals surface area contributed by atoms with Gasteiger partial charge in [-0.2, -0.15) is 0 Å². The molecule has 1 heterocycles. The molecule has 21 heavy (non-hydrogen) atoms. The van der Waals surface area contributed by atoms with Gasteiger partial charge in [0, 0.05) is 30.8 Å². The van der Waals surface area contributed by atoms with Crippen molar-refractivity contribution in [3.63, 3.8) is 0 Å². The van der Waals surface area contributed by atoms with Gasteiger partial charge in [0.2, 0.25) is 0 Å². The van der Waals surface area contributed by atoms with Crippen LogP contribution in [0.3, 0.4) is 0 Å². The van der Waals surface area contributed by atoms with Gasteiger partial charge < -0.3 is 10.5 Å². The molecule has 0 aromatic heterocycles.